The maximum absolute atomic E-state index is 14.4. The molecule has 1 aliphatic carbocycles. The Morgan fingerprint density at radius 3 is 2.13 bits per heavy atom. The van der Waals surface area contributed by atoms with Crippen LogP contribution in [0.2, 0.25) is 0 Å². The molecule has 322 valence electrons. The van der Waals surface area contributed by atoms with Crippen molar-refractivity contribution in [3.05, 3.63) is 132 Å². The van der Waals surface area contributed by atoms with Gasteiger partial charge >= 0.3 is 12.2 Å². The summed E-state index contributed by atoms with van der Waals surface area (Å²) in [6, 6.07) is 24.0. The van der Waals surface area contributed by atoms with E-state index in [1.54, 1.807) is 32.6 Å². The van der Waals surface area contributed by atoms with E-state index >= 15 is 0 Å². The molecule has 0 unspecified atom stereocenters. The van der Waals surface area contributed by atoms with Crippen LogP contribution in [0.15, 0.2) is 97.6 Å². The molecule has 3 aromatic carbocycles. The number of alkyl carbamates (subject to hydrolysis) is 1. The van der Waals surface area contributed by atoms with Gasteiger partial charge in [0, 0.05) is 57.6 Å². The lowest BCUT2D eigenvalue weighted by Gasteiger charge is -2.24. The van der Waals surface area contributed by atoms with E-state index in [4.69, 9.17) is 30.5 Å². The molecule has 1 N–H and O–H groups in total. The van der Waals surface area contributed by atoms with Crippen molar-refractivity contribution in [2.45, 2.75) is 51.8 Å². The van der Waals surface area contributed by atoms with Gasteiger partial charge in [0.25, 0.3) is 0 Å². The van der Waals surface area contributed by atoms with Crippen molar-refractivity contribution in [1.29, 1.82) is 0 Å². The van der Waals surface area contributed by atoms with Crippen LogP contribution in [0, 0.1) is 6.57 Å². The molecule has 0 fully saturated rings. The quantitative estimate of drug-likeness (QED) is 0.0678. The largest absolute Gasteiger partial charge is 0.448 e. The van der Waals surface area contributed by atoms with Crippen molar-refractivity contribution in [1.82, 2.24) is 39.3 Å². The minimum Gasteiger partial charge on any atom is -0.448 e. The number of hydrogen-bond donors (Lipinski definition) is 1. The molecule has 0 aliphatic heterocycles. The van der Waals surface area contributed by atoms with E-state index in [1.165, 1.54) is 0 Å². The molecule has 6 aromatic rings. The molecule has 15 heteroatoms. The Morgan fingerprint density at radius 1 is 0.839 bits per heavy atom. The minimum absolute atomic E-state index is 0.116. The second-order valence-corrected chi connectivity index (χ2v) is 16.1. The Bertz CT molecular complexity index is 2460. The zero-order valence-corrected chi connectivity index (χ0v) is 35.9. The van der Waals surface area contributed by atoms with Crippen LogP contribution in [0.1, 0.15) is 49.2 Å². The van der Waals surface area contributed by atoms with Crippen molar-refractivity contribution in [3.63, 3.8) is 0 Å². The minimum atomic E-state index is -0.582. The topological polar surface area (TPSA) is 144 Å². The van der Waals surface area contributed by atoms with E-state index in [2.05, 4.69) is 49.2 Å². The number of amides is 2. The van der Waals surface area contributed by atoms with Gasteiger partial charge in [0.15, 0.2) is 5.69 Å². The number of carbonyl (C=O) groups excluding carboxylic acids is 2. The molecule has 3 aromatic heterocycles. The third-order valence-electron chi connectivity index (χ3n) is 10.4. The highest BCUT2D eigenvalue weighted by molar-refractivity contribution is 5.80. The van der Waals surface area contributed by atoms with Crippen molar-refractivity contribution >= 4 is 17.9 Å². The zero-order chi connectivity index (χ0) is 43.6. The SMILES string of the molecule is [C-]#[N+]c1ccc(-c2c(-c3cnn(C)c3)nc(CN(CCOCCOCCNC(=O)OC(C)(C)C)C(=O)OCC3c4ccccc4-c4ccccc43)n2CCc2cnn(C)c2)cc1. The molecule has 0 radical (unpaired) electrons. The molecule has 3 heterocycles. The van der Waals surface area contributed by atoms with Crippen LogP contribution in [-0.2, 0) is 52.6 Å². The molecule has 2 amide bonds. The fourth-order valence-corrected chi connectivity index (χ4v) is 7.56. The van der Waals surface area contributed by atoms with Gasteiger partial charge in [0.2, 0.25) is 0 Å². The lowest BCUT2D eigenvalue weighted by molar-refractivity contribution is 0.0309. The van der Waals surface area contributed by atoms with E-state index in [9.17, 15) is 9.59 Å². The Morgan fingerprint density at radius 2 is 1.50 bits per heavy atom. The summed E-state index contributed by atoms with van der Waals surface area (Å²) in [6.45, 7) is 15.4. The van der Waals surface area contributed by atoms with Crippen molar-refractivity contribution in [3.8, 4) is 33.6 Å². The number of benzene rings is 3. The first-order valence-electron chi connectivity index (χ1n) is 20.7. The van der Waals surface area contributed by atoms with Crippen LogP contribution in [0.5, 0.6) is 0 Å². The van der Waals surface area contributed by atoms with Gasteiger partial charge in [0.1, 0.15) is 18.0 Å². The number of ether oxygens (including phenoxy) is 4. The number of nitrogens with zero attached hydrogens (tertiary/aromatic N) is 8. The molecular formula is C47H53N9O6. The van der Waals surface area contributed by atoms with E-state index in [0.29, 0.717) is 49.9 Å². The molecule has 62 heavy (non-hydrogen) atoms. The van der Waals surface area contributed by atoms with Crippen LogP contribution >= 0.6 is 0 Å². The Kier molecular flexibility index (Phi) is 13.8. The molecular weight excluding hydrogens is 787 g/mol. The van der Waals surface area contributed by atoms with Gasteiger partial charge in [-0.15, -0.1) is 0 Å². The second-order valence-electron chi connectivity index (χ2n) is 16.1. The smallest absolute Gasteiger partial charge is 0.410 e. The summed E-state index contributed by atoms with van der Waals surface area (Å²) in [5.74, 6) is 0.529. The van der Waals surface area contributed by atoms with Gasteiger partial charge in [-0.2, -0.15) is 10.2 Å². The normalized spacial score (nSPS) is 12.1. The van der Waals surface area contributed by atoms with E-state index in [-0.39, 0.29) is 38.8 Å². The number of aromatic nitrogens is 6. The van der Waals surface area contributed by atoms with Gasteiger partial charge in [-0.1, -0.05) is 72.8 Å². The summed E-state index contributed by atoms with van der Waals surface area (Å²) in [6.07, 6.45) is 7.20. The van der Waals surface area contributed by atoms with E-state index < -0.39 is 17.8 Å². The third kappa shape index (κ3) is 10.8. The van der Waals surface area contributed by atoms with Gasteiger partial charge in [0.05, 0.1) is 63.3 Å². The number of imidazole rings is 1. The number of nitrogens with one attached hydrogen (secondary N) is 1. The monoisotopic (exact) mass is 839 g/mol. The van der Waals surface area contributed by atoms with Crippen LogP contribution in [-0.4, -0.2) is 97.9 Å². The zero-order valence-electron chi connectivity index (χ0n) is 35.9. The number of carbonyl (C=O) groups is 2. The fourth-order valence-electron chi connectivity index (χ4n) is 7.56. The van der Waals surface area contributed by atoms with Gasteiger partial charge in [-0.25, -0.2) is 19.4 Å². The predicted octanol–water partition coefficient (Wildman–Crippen LogP) is 7.79. The predicted molar refractivity (Wildman–Crippen MR) is 234 cm³/mol. The van der Waals surface area contributed by atoms with Crippen LogP contribution < -0.4 is 5.32 Å². The Labute approximate surface area is 362 Å². The van der Waals surface area contributed by atoms with Crippen molar-refractivity contribution < 1.29 is 28.5 Å². The van der Waals surface area contributed by atoms with E-state index in [0.717, 1.165) is 44.6 Å². The van der Waals surface area contributed by atoms with Crippen LogP contribution in [0.25, 0.3) is 38.5 Å². The van der Waals surface area contributed by atoms with Gasteiger partial charge < -0.3 is 28.8 Å². The molecule has 7 rings (SSSR count). The highest BCUT2D eigenvalue weighted by Crippen LogP contribution is 2.44. The van der Waals surface area contributed by atoms with E-state index in [1.807, 2.05) is 89.9 Å². The standard InChI is InChI=1S/C47H53N9O6/c1-47(2,3)62-45(57)49-20-23-59-25-26-60-24-22-55(46(58)61-32-41-39-13-9-7-11-37(39)38-12-8-10-14-40(38)41)31-42-52-43(35-28-51-54(6)30-35)44(34-15-17-36(48-4)18-16-34)56(42)21-19-33-27-50-53(5)29-33/h7-18,27-30,41H,19-26,31-32H2,1-3,5-6H3,(H,49,57). The molecule has 15 nitrogen and oxygen atoms in total. The molecule has 0 atom stereocenters. The lowest BCUT2D eigenvalue weighted by Crippen LogP contribution is -2.36. The molecule has 0 saturated heterocycles. The van der Waals surface area contributed by atoms with Crippen molar-refractivity contribution in [2.24, 2.45) is 14.1 Å². The Balaban J connectivity index is 1.13. The van der Waals surface area contributed by atoms with Crippen molar-refractivity contribution in [2.75, 3.05) is 46.1 Å². The maximum Gasteiger partial charge on any atom is 0.410 e. The first kappa shape index (κ1) is 43.3. The summed E-state index contributed by atoms with van der Waals surface area (Å²) >= 11 is 0. The third-order valence-corrected chi connectivity index (χ3v) is 10.4. The molecule has 0 bridgehead atoms. The van der Waals surface area contributed by atoms with Crippen LogP contribution in [0.4, 0.5) is 15.3 Å². The fraction of sp³-hybridized carbons (Fsp3) is 0.362. The number of aryl methyl sites for hydroxylation is 3. The average molecular weight is 840 g/mol. The highest BCUT2D eigenvalue weighted by atomic mass is 16.6. The Hall–Kier alpha value is -6.76. The van der Waals surface area contributed by atoms with Gasteiger partial charge in [-0.05, 0) is 60.6 Å². The summed E-state index contributed by atoms with van der Waals surface area (Å²) in [7, 11) is 3.75. The first-order valence-corrected chi connectivity index (χ1v) is 20.7. The maximum atomic E-state index is 14.4. The first-order chi connectivity index (χ1) is 30.0. The molecule has 0 saturated carbocycles. The highest BCUT2D eigenvalue weighted by Gasteiger charge is 2.31. The summed E-state index contributed by atoms with van der Waals surface area (Å²) in [5, 5.41) is 11.5. The van der Waals surface area contributed by atoms with Crippen LogP contribution in [0.3, 0.4) is 0 Å². The number of hydrogen-bond acceptors (Lipinski definition) is 9. The second kappa shape index (κ2) is 19.7. The number of rotatable bonds is 18. The molecule has 0 spiro atoms. The summed E-state index contributed by atoms with van der Waals surface area (Å²) < 4.78 is 28.8. The summed E-state index contributed by atoms with van der Waals surface area (Å²) in [5.41, 5.74) is 8.78. The van der Waals surface area contributed by atoms with Gasteiger partial charge in [-0.3, -0.25) is 14.3 Å². The lowest BCUT2D eigenvalue weighted by atomic mass is 9.98. The number of fused-ring (bicyclic) bond motifs is 3. The molecule has 1 aliphatic rings. The summed E-state index contributed by atoms with van der Waals surface area (Å²) in [4.78, 5) is 36.8. The average Bonchev–Trinajstić information content (AvgIpc) is 4.04.